The Kier molecular flexibility index (Phi) is 3.15. The highest BCUT2D eigenvalue weighted by atomic mass is 16.5. The number of hydrogen-bond donors (Lipinski definition) is 1. The lowest BCUT2D eigenvalue weighted by Crippen LogP contribution is -2.66. The molecule has 0 amide bonds. The van der Waals surface area contributed by atoms with Gasteiger partial charge in [-0.2, -0.15) is 0 Å². The zero-order chi connectivity index (χ0) is 11.9. The van der Waals surface area contributed by atoms with Crippen LogP contribution in [0.4, 0.5) is 0 Å². The summed E-state index contributed by atoms with van der Waals surface area (Å²) in [5.41, 5.74) is 0.416. The molecule has 0 radical (unpaired) electrons. The third-order valence-electron chi connectivity index (χ3n) is 5.02. The van der Waals surface area contributed by atoms with Gasteiger partial charge in [-0.25, -0.2) is 0 Å². The molecular formula is C13H25N3O. The van der Waals surface area contributed by atoms with Crippen LogP contribution >= 0.6 is 0 Å². The molecule has 0 bridgehead atoms. The van der Waals surface area contributed by atoms with Gasteiger partial charge in [0.2, 0.25) is 0 Å². The van der Waals surface area contributed by atoms with Gasteiger partial charge < -0.3 is 19.9 Å². The number of nitrogens with zero attached hydrogens (tertiary/aromatic N) is 2. The molecule has 1 N–H and O–H groups in total. The first-order valence-electron chi connectivity index (χ1n) is 6.89. The van der Waals surface area contributed by atoms with Crippen molar-refractivity contribution >= 4 is 0 Å². The average Bonchev–Trinajstić information content (AvgIpc) is 2.64. The lowest BCUT2D eigenvalue weighted by atomic mass is 9.67. The van der Waals surface area contributed by atoms with Crippen molar-refractivity contribution in [3.63, 3.8) is 0 Å². The minimum Gasteiger partial charge on any atom is -0.380 e. The SMILES string of the molecule is CN1CCC(C2(C3CN(C)CCN3)COC2)C1. The van der Waals surface area contributed by atoms with Crippen molar-refractivity contribution in [2.45, 2.75) is 12.5 Å². The highest BCUT2D eigenvalue weighted by molar-refractivity contribution is 5.04. The number of nitrogens with one attached hydrogen (secondary N) is 1. The largest absolute Gasteiger partial charge is 0.380 e. The molecule has 4 nitrogen and oxygen atoms in total. The van der Waals surface area contributed by atoms with E-state index in [1.807, 2.05) is 0 Å². The second kappa shape index (κ2) is 4.50. The Morgan fingerprint density at radius 1 is 1.12 bits per heavy atom. The summed E-state index contributed by atoms with van der Waals surface area (Å²) in [4.78, 5) is 4.93. The lowest BCUT2D eigenvalue weighted by Gasteiger charge is -2.53. The van der Waals surface area contributed by atoms with Gasteiger partial charge in [0.05, 0.1) is 13.2 Å². The molecule has 2 atom stereocenters. The Morgan fingerprint density at radius 3 is 2.41 bits per heavy atom. The van der Waals surface area contributed by atoms with Crippen LogP contribution < -0.4 is 5.32 Å². The Hall–Kier alpha value is -0.160. The van der Waals surface area contributed by atoms with E-state index in [1.165, 1.54) is 32.6 Å². The number of likely N-dealkylation sites (tertiary alicyclic amines) is 1. The van der Waals surface area contributed by atoms with Crippen LogP contribution in [0.25, 0.3) is 0 Å². The maximum absolute atomic E-state index is 5.60. The van der Waals surface area contributed by atoms with Crippen molar-refractivity contribution in [1.82, 2.24) is 15.1 Å². The van der Waals surface area contributed by atoms with E-state index in [2.05, 4.69) is 29.2 Å². The second-order valence-corrected chi connectivity index (χ2v) is 6.24. The molecule has 3 rings (SSSR count). The van der Waals surface area contributed by atoms with Crippen molar-refractivity contribution in [2.24, 2.45) is 11.3 Å². The zero-order valence-corrected chi connectivity index (χ0v) is 11.1. The molecule has 0 spiro atoms. The van der Waals surface area contributed by atoms with Gasteiger partial charge in [-0.05, 0) is 33.0 Å². The minimum atomic E-state index is 0.416. The van der Waals surface area contributed by atoms with E-state index in [-0.39, 0.29) is 0 Å². The number of hydrogen-bond acceptors (Lipinski definition) is 4. The molecular weight excluding hydrogens is 214 g/mol. The molecule has 17 heavy (non-hydrogen) atoms. The molecule has 0 aliphatic carbocycles. The summed E-state index contributed by atoms with van der Waals surface area (Å²) in [5.74, 6) is 0.824. The van der Waals surface area contributed by atoms with Crippen LogP contribution in [0.1, 0.15) is 6.42 Å². The Balaban J connectivity index is 1.72. The smallest absolute Gasteiger partial charge is 0.0563 e. The summed E-state index contributed by atoms with van der Waals surface area (Å²) in [6.45, 7) is 7.95. The molecule has 0 saturated carbocycles. The molecule has 3 aliphatic rings. The first-order chi connectivity index (χ1) is 8.21. The molecule has 4 heteroatoms. The van der Waals surface area contributed by atoms with Crippen LogP contribution in [-0.2, 0) is 4.74 Å². The quantitative estimate of drug-likeness (QED) is 0.726. The standard InChI is InChI=1S/C13H25N3O/c1-15-5-3-11(7-15)13(9-17-10-13)12-8-16(2)6-4-14-12/h11-12,14H,3-10H2,1-2H3. The highest BCUT2D eigenvalue weighted by Gasteiger charge is 2.53. The molecule has 0 aromatic heterocycles. The lowest BCUT2D eigenvalue weighted by molar-refractivity contribution is -0.168. The number of likely N-dealkylation sites (N-methyl/N-ethyl adjacent to an activating group) is 1. The fraction of sp³-hybridized carbons (Fsp3) is 1.00. The van der Waals surface area contributed by atoms with Gasteiger partial charge in [-0.1, -0.05) is 0 Å². The van der Waals surface area contributed by atoms with Crippen molar-refractivity contribution < 1.29 is 4.74 Å². The van der Waals surface area contributed by atoms with E-state index >= 15 is 0 Å². The predicted octanol–water partition coefficient (Wildman–Crippen LogP) is -0.142. The maximum Gasteiger partial charge on any atom is 0.0563 e. The molecule has 2 unspecified atom stereocenters. The molecule has 3 heterocycles. The van der Waals surface area contributed by atoms with Crippen molar-refractivity contribution in [3.8, 4) is 0 Å². The number of rotatable bonds is 2. The van der Waals surface area contributed by atoms with E-state index in [9.17, 15) is 0 Å². The normalized spacial score (nSPS) is 39.2. The minimum absolute atomic E-state index is 0.416. The van der Waals surface area contributed by atoms with Crippen LogP contribution in [0.2, 0.25) is 0 Å². The van der Waals surface area contributed by atoms with Crippen LogP contribution in [0, 0.1) is 11.3 Å². The first kappa shape index (κ1) is 11.9. The predicted molar refractivity (Wildman–Crippen MR) is 68.1 cm³/mol. The monoisotopic (exact) mass is 239 g/mol. The summed E-state index contributed by atoms with van der Waals surface area (Å²) in [6.07, 6.45) is 1.35. The van der Waals surface area contributed by atoms with Crippen molar-refractivity contribution in [1.29, 1.82) is 0 Å². The van der Waals surface area contributed by atoms with Crippen LogP contribution in [-0.4, -0.2) is 75.9 Å². The molecule has 0 aromatic carbocycles. The third kappa shape index (κ3) is 2.01. The Morgan fingerprint density at radius 2 is 1.88 bits per heavy atom. The van der Waals surface area contributed by atoms with E-state index in [0.717, 1.165) is 25.7 Å². The van der Waals surface area contributed by atoms with Gasteiger partial charge in [0.25, 0.3) is 0 Å². The Bertz CT molecular complexity index is 280. The molecule has 0 aromatic rings. The van der Waals surface area contributed by atoms with Gasteiger partial charge in [-0.3, -0.25) is 0 Å². The second-order valence-electron chi connectivity index (χ2n) is 6.24. The highest BCUT2D eigenvalue weighted by Crippen LogP contribution is 2.44. The maximum atomic E-state index is 5.60. The summed E-state index contributed by atoms with van der Waals surface area (Å²) in [5, 5.41) is 3.74. The molecule has 98 valence electrons. The summed E-state index contributed by atoms with van der Waals surface area (Å²) < 4.78 is 5.60. The van der Waals surface area contributed by atoms with Gasteiger partial charge in [0.15, 0.2) is 0 Å². The summed E-state index contributed by atoms with van der Waals surface area (Å²) in [6, 6.07) is 0.631. The van der Waals surface area contributed by atoms with Crippen LogP contribution in [0.15, 0.2) is 0 Å². The van der Waals surface area contributed by atoms with Gasteiger partial charge in [-0.15, -0.1) is 0 Å². The molecule has 3 saturated heterocycles. The fourth-order valence-electron chi connectivity index (χ4n) is 3.75. The molecule has 3 fully saturated rings. The van der Waals surface area contributed by atoms with E-state index < -0.39 is 0 Å². The molecule has 3 aliphatic heterocycles. The van der Waals surface area contributed by atoms with Gasteiger partial charge >= 0.3 is 0 Å². The Labute approximate surface area is 104 Å². The average molecular weight is 239 g/mol. The summed E-state index contributed by atoms with van der Waals surface area (Å²) >= 11 is 0. The van der Waals surface area contributed by atoms with Gasteiger partial charge in [0.1, 0.15) is 0 Å². The van der Waals surface area contributed by atoms with Crippen molar-refractivity contribution in [2.75, 3.05) is 60.0 Å². The zero-order valence-electron chi connectivity index (χ0n) is 11.1. The van der Waals surface area contributed by atoms with E-state index in [4.69, 9.17) is 4.74 Å². The number of ether oxygens (including phenoxy) is 1. The van der Waals surface area contributed by atoms with E-state index in [1.54, 1.807) is 0 Å². The van der Waals surface area contributed by atoms with Crippen molar-refractivity contribution in [3.05, 3.63) is 0 Å². The summed E-state index contributed by atoms with van der Waals surface area (Å²) in [7, 11) is 4.48. The number of piperazine rings is 1. The third-order valence-corrected chi connectivity index (χ3v) is 5.02. The van der Waals surface area contributed by atoms with E-state index in [0.29, 0.717) is 11.5 Å². The van der Waals surface area contributed by atoms with Crippen LogP contribution in [0.5, 0.6) is 0 Å². The first-order valence-corrected chi connectivity index (χ1v) is 6.89. The van der Waals surface area contributed by atoms with Gasteiger partial charge in [0, 0.05) is 37.6 Å². The fourth-order valence-corrected chi connectivity index (χ4v) is 3.75. The topological polar surface area (TPSA) is 27.7 Å². The van der Waals surface area contributed by atoms with Crippen LogP contribution in [0.3, 0.4) is 0 Å².